The maximum absolute atomic E-state index is 14.4. The Morgan fingerprint density at radius 3 is 1.74 bits per heavy atom. The number of hydrogen-bond acceptors (Lipinski definition) is 18. The van der Waals surface area contributed by atoms with Crippen LogP contribution in [-0.4, -0.2) is 85.1 Å². The highest BCUT2D eigenvalue weighted by atomic mass is 19.4. The van der Waals surface area contributed by atoms with E-state index in [9.17, 15) is 95.8 Å². The van der Waals surface area contributed by atoms with Gasteiger partial charge in [-0.2, -0.15) is 41.6 Å². The zero-order valence-corrected chi connectivity index (χ0v) is 33.4. The number of H-pyrrole nitrogens is 1. The Morgan fingerprint density at radius 1 is 0.783 bits per heavy atom. The van der Waals surface area contributed by atoms with E-state index in [-0.39, 0.29) is 9.13 Å². The minimum absolute atomic E-state index is 0.0941. The Balaban J connectivity index is 1.52. The number of aromatic carboxylic acids is 4. The summed E-state index contributed by atoms with van der Waals surface area (Å²) in [5.74, 6) is -12.6. The number of aromatic nitrogens is 5. The molecule has 0 aliphatic carbocycles. The van der Waals surface area contributed by atoms with E-state index in [1.54, 1.807) is 0 Å². The number of carboxylic acid groups (broad SMARTS) is 4. The summed E-state index contributed by atoms with van der Waals surface area (Å²) in [7, 11) is 0. The summed E-state index contributed by atoms with van der Waals surface area (Å²) < 4.78 is 86.0. The number of anilines is 2. The molecule has 0 saturated carbocycles. The molecular formula is C37H21F6N13O13. The molecule has 5 aromatic rings. The predicted octanol–water partition coefficient (Wildman–Crippen LogP) is 5.64. The van der Waals surface area contributed by atoms with E-state index in [2.05, 4.69) is 52.5 Å². The van der Waals surface area contributed by atoms with Gasteiger partial charge in [-0.15, -0.1) is 20.5 Å². The molecule has 0 atom stereocenters. The van der Waals surface area contributed by atoms with Gasteiger partial charge in [0.15, 0.2) is 11.4 Å². The molecule has 5 rings (SSSR count). The highest BCUT2D eigenvalue weighted by molar-refractivity contribution is 5.97. The third kappa shape index (κ3) is 10.3. The SMILES string of the molecule is [C-]#[N+]c1c(C(F)(F)F)c(N=Nc2cc(C(=O)O)ccc2C(=O)O)c(=O)n(C(=C)Nc2nc(NCCn3c(O)c(C#N)c(C(F)(F)F)c(N=Nc4cc(C(=O)O)ccc4C(=O)O)c3=O)nc(=O)[nH]2)c1O. The standard InChI is InChI=1S/C37H21F6N13O13/c1-12(56-27(59)22(45-2)21(37(41,42)43)24(28(56)60)54-52-19-10-14(30(63)64)4-6-16(19)32(67)68)47-34-48-33(49-35(69)50-34)46-7-8-55-25(57)17(11-44)20(36(38,39)40)23(26(55)58)53-51-18-9-13(29(61)62)3-5-15(18)31(65)66/h3-6,9-10,57,59H,1,7-8H2,(H,61,62)(H,63,64)(H,65,66)(H,67,68)(H3,46,47,48,49,50,69). The molecular weight excluding hydrogens is 948 g/mol. The number of hydrogen-bond donors (Lipinski definition) is 9. The van der Waals surface area contributed by atoms with Gasteiger partial charge in [-0.25, -0.2) is 33.4 Å². The van der Waals surface area contributed by atoms with E-state index in [4.69, 9.17) is 6.57 Å². The molecule has 26 nitrogen and oxygen atoms in total. The molecule has 0 bridgehead atoms. The van der Waals surface area contributed by atoms with E-state index >= 15 is 0 Å². The molecule has 0 saturated heterocycles. The van der Waals surface area contributed by atoms with Gasteiger partial charge in [-0.1, -0.05) is 6.58 Å². The van der Waals surface area contributed by atoms with Gasteiger partial charge in [-0.05, 0) is 36.4 Å². The van der Waals surface area contributed by atoms with Crippen LogP contribution in [0.3, 0.4) is 0 Å². The van der Waals surface area contributed by atoms with E-state index in [0.717, 1.165) is 24.3 Å². The van der Waals surface area contributed by atoms with E-state index in [0.29, 0.717) is 18.2 Å². The van der Waals surface area contributed by atoms with Gasteiger partial charge < -0.3 is 41.3 Å². The number of benzene rings is 2. The van der Waals surface area contributed by atoms with Crippen LogP contribution in [-0.2, 0) is 18.9 Å². The molecule has 2 aromatic carbocycles. The maximum Gasteiger partial charge on any atom is 0.420 e. The molecule has 0 unspecified atom stereocenters. The van der Waals surface area contributed by atoms with Crippen LogP contribution in [0.2, 0.25) is 0 Å². The third-order valence-corrected chi connectivity index (χ3v) is 8.77. The monoisotopic (exact) mass is 969 g/mol. The summed E-state index contributed by atoms with van der Waals surface area (Å²) in [5, 5.41) is 86.0. The molecule has 0 spiro atoms. The zero-order valence-electron chi connectivity index (χ0n) is 33.4. The van der Waals surface area contributed by atoms with Crippen LogP contribution in [0.1, 0.15) is 58.1 Å². The Bertz CT molecular complexity index is 3380. The number of carbonyl (C=O) groups is 4. The normalized spacial score (nSPS) is 11.5. The van der Waals surface area contributed by atoms with Crippen molar-refractivity contribution in [2.75, 3.05) is 17.2 Å². The maximum atomic E-state index is 14.4. The Hall–Kier alpha value is -10.3. The van der Waals surface area contributed by atoms with Gasteiger partial charge in [0.1, 0.15) is 34.4 Å². The molecule has 32 heteroatoms. The molecule has 354 valence electrons. The van der Waals surface area contributed by atoms with Crippen molar-refractivity contribution < 1.29 is 76.2 Å². The lowest BCUT2D eigenvalue weighted by molar-refractivity contribution is -0.138. The minimum Gasteiger partial charge on any atom is -0.502 e. The summed E-state index contributed by atoms with van der Waals surface area (Å²) in [4.78, 5) is 97.7. The van der Waals surface area contributed by atoms with Crippen LogP contribution in [0.5, 0.6) is 11.8 Å². The minimum atomic E-state index is -5.65. The van der Waals surface area contributed by atoms with Crippen LogP contribution in [0, 0.1) is 17.9 Å². The van der Waals surface area contributed by atoms with Gasteiger partial charge in [0.2, 0.25) is 23.7 Å². The van der Waals surface area contributed by atoms with Gasteiger partial charge in [0, 0.05) is 13.1 Å². The molecule has 0 radical (unpaired) electrons. The molecule has 3 heterocycles. The van der Waals surface area contributed by atoms with Gasteiger partial charge >= 0.3 is 41.9 Å². The first kappa shape index (κ1) is 49.7. The number of aromatic amines is 1. The second kappa shape index (κ2) is 19.1. The average molecular weight is 970 g/mol. The van der Waals surface area contributed by atoms with Crippen molar-refractivity contribution in [3.63, 3.8) is 0 Å². The summed E-state index contributed by atoms with van der Waals surface area (Å²) in [6.07, 6.45) is -11.3. The van der Waals surface area contributed by atoms with Gasteiger partial charge in [0.25, 0.3) is 16.8 Å². The topological polar surface area (TPSA) is 394 Å². The molecule has 69 heavy (non-hydrogen) atoms. The number of nitriles is 1. The van der Waals surface area contributed by atoms with E-state index in [1.165, 1.54) is 0 Å². The molecule has 9 N–H and O–H groups in total. The number of nitrogens with one attached hydrogen (secondary N) is 3. The van der Waals surface area contributed by atoms with Crippen LogP contribution >= 0.6 is 0 Å². The first-order valence-electron chi connectivity index (χ1n) is 17.9. The average Bonchev–Trinajstić information content (AvgIpc) is 3.25. The summed E-state index contributed by atoms with van der Waals surface area (Å²) in [6.45, 7) is 9.03. The Labute approximate surface area is 374 Å². The highest BCUT2D eigenvalue weighted by Crippen LogP contribution is 2.46. The fraction of sp³-hybridized carbons (Fsp3) is 0.108. The van der Waals surface area contributed by atoms with Crippen LogP contribution in [0.15, 0.2) is 77.8 Å². The highest BCUT2D eigenvalue weighted by Gasteiger charge is 2.43. The smallest absolute Gasteiger partial charge is 0.420 e. The third-order valence-electron chi connectivity index (χ3n) is 8.77. The lowest BCUT2D eigenvalue weighted by Gasteiger charge is -2.18. The van der Waals surface area contributed by atoms with Gasteiger partial charge in [0.05, 0.1) is 34.4 Å². The largest absolute Gasteiger partial charge is 0.502 e. The summed E-state index contributed by atoms with van der Waals surface area (Å²) in [6, 6.07) is 5.31. The second-order valence-electron chi connectivity index (χ2n) is 13.0. The van der Waals surface area contributed by atoms with Crippen LogP contribution in [0.25, 0.3) is 10.7 Å². The predicted molar refractivity (Wildman–Crippen MR) is 215 cm³/mol. The van der Waals surface area contributed by atoms with Crippen molar-refractivity contribution in [2.45, 2.75) is 18.9 Å². The molecule has 0 aliphatic heterocycles. The number of alkyl halides is 6. The second-order valence-corrected chi connectivity index (χ2v) is 13.0. The van der Waals surface area contributed by atoms with E-state index < -0.39 is 163 Å². The number of nitrogens with zero attached hydrogens (tertiary/aromatic N) is 10. The van der Waals surface area contributed by atoms with Gasteiger partial charge in [-0.3, -0.25) is 19.1 Å². The van der Waals surface area contributed by atoms with Crippen molar-refractivity contribution >= 4 is 70.0 Å². The number of azo groups is 2. The number of pyridine rings is 2. The molecule has 0 amide bonds. The van der Waals surface area contributed by atoms with Crippen molar-refractivity contribution in [1.29, 1.82) is 5.26 Å². The van der Waals surface area contributed by atoms with Crippen LogP contribution in [0.4, 0.5) is 66.7 Å². The number of carboxylic acids is 4. The molecule has 0 fully saturated rings. The summed E-state index contributed by atoms with van der Waals surface area (Å²) in [5.41, 5.74) is -20.7. The Kier molecular flexibility index (Phi) is 13.7. The van der Waals surface area contributed by atoms with Crippen molar-refractivity contribution in [2.24, 2.45) is 20.5 Å². The summed E-state index contributed by atoms with van der Waals surface area (Å²) >= 11 is 0. The first-order valence-corrected chi connectivity index (χ1v) is 17.9. The number of halogens is 6. The van der Waals surface area contributed by atoms with Crippen molar-refractivity contribution in [3.8, 4) is 17.8 Å². The molecule has 0 aliphatic rings. The molecule has 3 aromatic heterocycles. The lowest BCUT2D eigenvalue weighted by Crippen LogP contribution is -2.28. The number of aromatic hydroxyl groups is 2. The number of rotatable bonds is 15. The fourth-order valence-corrected chi connectivity index (χ4v) is 5.79. The first-order chi connectivity index (χ1) is 32.2. The Morgan fingerprint density at radius 2 is 1.29 bits per heavy atom. The lowest BCUT2D eigenvalue weighted by atomic mass is 10.1. The zero-order chi connectivity index (χ0) is 51.4. The quantitative estimate of drug-likeness (QED) is 0.0348. The van der Waals surface area contributed by atoms with Crippen molar-refractivity contribution in [1.82, 2.24) is 24.1 Å². The van der Waals surface area contributed by atoms with Crippen molar-refractivity contribution in [3.05, 3.63) is 125 Å². The fourth-order valence-electron chi connectivity index (χ4n) is 5.79. The van der Waals surface area contributed by atoms with E-state index in [1.807, 2.05) is 4.98 Å². The van der Waals surface area contributed by atoms with Crippen LogP contribution < -0.4 is 27.4 Å².